The molecule has 1 atom stereocenters. The van der Waals surface area contributed by atoms with Gasteiger partial charge in [0.15, 0.2) is 12.2 Å². The molecule has 30 heavy (non-hydrogen) atoms. The van der Waals surface area contributed by atoms with Gasteiger partial charge in [-0.05, 0) is 41.4 Å². The molecule has 7 nitrogen and oxygen atoms in total. The standard InChI is InChI=1S/C22H22N2O5S/c1-2-15-8-9-18-17(12-15)19(25)23(14-29-18)10-11-28-21-20(26)24(22(27)30-21)13-16-6-4-3-5-7-16/h3-9,12,21H,2,10-11,13-14H2,1H3. The SMILES string of the molecule is CCc1ccc2c(c1)C(=O)N(CCOC1SC(=O)N(Cc3ccccc3)C1=O)CO2. The van der Waals surface area contributed by atoms with Crippen molar-refractivity contribution < 1.29 is 23.9 Å². The average Bonchev–Trinajstić information content (AvgIpc) is 3.03. The van der Waals surface area contributed by atoms with Gasteiger partial charge in [-0.25, -0.2) is 0 Å². The van der Waals surface area contributed by atoms with Crippen LogP contribution in [-0.2, 0) is 22.5 Å². The van der Waals surface area contributed by atoms with E-state index in [-0.39, 0.29) is 43.5 Å². The van der Waals surface area contributed by atoms with Crippen molar-refractivity contribution in [2.75, 3.05) is 19.9 Å². The Morgan fingerprint density at radius 3 is 2.67 bits per heavy atom. The van der Waals surface area contributed by atoms with Crippen LogP contribution in [0, 0.1) is 0 Å². The van der Waals surface area contributed by atoms with Crippen LogP contribution in [0.4, 0.5) is 4.79 Å². The van der Waals surface area contributed by atoms with Crippen molar-refractivity contribution >= 4 is 28.8 Å². The number of hydrogen-bond donors (Lipinski definition) is 0. The van der Waals surface area contributed by atoms with E-state index in [2.05, 4.69) is 0 Å². The fourth-order valence-corrected chi connectivity index (χ4v) is 4.20. The molecule has 2 aromatic carbocycles. The maximum Gasteiger partial charge on any atom is 0.291 e. The minimum absolute atomic E-state index is 0.123. The van der Waals surface area contributed by atoms with Gasteiger partial charge in [-0.1, -0.05) is 43.3 Å². The van der Waals surface area contributed by atoms with E-state index in [1.54, 1.807) is 0 Å². The molecule has 0 spiro atoms. The van der Waals surface area contributed by atoms with Crippen LogP contribution in [0.5, 0.6) is 5.75 Å². The summed E-state index contributed by atoms with van der Waals surface area (Å²) in [5, 5.41) is -0.327. The Kier molecular flexibility index (Phi) is 6.06. The summed E-state index contributed by atoms with van der Waals surface area (Å²) in [6.07, 6.45) is 0.832. The van der Waals surface area contributed by atoms with Gasteiger partial charge in [-0.3, -0.25) is 19.3 Å². The summed E-state index contributed by atoms with van der Waals surface area (Å²) in [7, 11) is 0. The van der Waals surface area contributed by atoms with Crippen LogP contribution in [0.1, 0.15) is 28.4 Å². The van der Waals surface area contributed by atoms with Crippen LogP contribution in [0.15, 0.2) is 48.5 Å². The zero-order chi connectivity index (χ0) is 21.1. The molecule has 2 aliphatic rings. The molecule has 0 bridgehead atoms. The van der Waals surface area contributed by atoms with Gasteiger partial charge in [-0.2, -0.15) is 0 Å². The minimum Gasteiger partial charge on any atom is -0.472 e. The second-order valence-electron chi connectivity index (χ2n) is 7.02. The van der Waals surface area contributed by atoms with Crippen molar-refractivity contribution in [2.24, 2.45) is 0 Å². The first-order valence-electron chi connectivity index (χ1n) is 9.79. The Hall–Kier alpha value is -2.84. The molecule has 0 saturated carbocycles. The van der Waals surface area contributed by atoms with Gasteiger partial charge >= 0.3 is 0 Å². The molecule has 1 saturated heterocycles. The number of carbonyl (C=O) groups excluding carboxylic acids is 3. The van der Waals surface area contributed by atoms with Gasteiger partial charge in [0.1, 0.15) is 5.75 Å². The van der Waals surface area contributed by atoms with Crippen molar-refractivity contribution in [1.29, 1.82) is 0 Å². The van der Waals surface area contributed by atoms with E-state index in [4.69, 9.17) is 9.47 Å². The first-order chi connectivity index (χ1) is 14.6. The molecule has 4 rings (SSSR count). The second-order valence-corrected chi connectivity index (χ2v) is 8.04. The molecule has 8 heteroatoms. The third-order valence-electron chi connectivity index (χ3n) is 5.06. The third kappa shape index (κ3) is 4.20. The minimum atomic E-state index is -0.888. The Morgan fingerprint density at radius 2 is 1.90 bits per heavy atom. The van der Waals surface area contributed by atoms with Gasteiger partial charge < -0.3 is 14.4 Å². The predicted octanol–water partition coefficient (Wildman–Crippen LogP) is 3.28. The number of imide groups is 1. The van der Waals surface area contributed by atoms with E-state index in [9.17, 15) is 14.4 Å². The fourth-order valence-electron chi connectivity index (χ4n) is 3.34. The van der Waals surface area contributed by atoms with Crippen molar-refractivity contribution in [2.45, 2.75) is 25.3 Å². The summed E-state index contributed by atoms with van der Waals surface area (Å²) in [5.74, 6) is 0.0911. The topological polar surface area (TPSA) is 76.2 Å². The molecule has 0 N–H and O–H groups in total. The lowest BCUT2D eigenvalue weighted by Crippen LogP contribution is -2.41. The zero-order valence-electron chi connectivity index (χ0n) is 16.6. The normalized spacial score (nSPS) is 18.6. The quantitative estimate of drug-likeness (QED) is 0.676. The van der Waals surface area contributed by atoms with E-state index in [1.165, 1.54) is 9.80 Å². The van der Waals surface area contributed by atoms with Crippen molar-refractivity contribution in [3.05, 3.63) is 65.2 Å². The van der Waals surface area contributed by atoms with Crippen LogP contribution < -0.4 is 4.74 Å². The van der Waals surface area contributed by atoms with E-state index < -0.39 is 5.44 Å². The van der Waals surface area contributed by atoms with Crippen LogP contribution in [0.3, 0.4) is 0 Å². The molecule has 2 aromatic rings. The molecule has 1 unspecified atom stereocenters. The molecule has 0 aromatic heterocycles. The number of nitrogens with zero attached hydrogens (tertiary/aromatic N) is 2. The lowest BCUT2D eigenvalue weighted by molar-refractivity contribution is -0.134. The predicted molar refractivity (Wildman–Crippen MR) is 112 cm³/mol. The monoisotopic (exact) mass is 426 g/mol. The van der Waals surface area contributed by atoms with E-state index >= 15 is 0 Å². The number of benzene rings is 2. The van der Waals surface area contributed by atoms with Crippen molar-refractivity contribution in [1.82, 2.24) is 9.80 Å². The van der Waals surface area contributed by atoms with Crippen LogP contribution in [-0.4, -0.2) is 52.2 Å². The summed E-state index contributed by atoms with van der Waals surface area (Å²) < 4.78 is 11.3. The van der Waals surface area contributed by atoms with E-state index in [0.29, 0.717) is 11.3 Å². The Bertz CT molecular complexity index is 965. The summed E-state index contributed by atoms with van der Waals surface area (Å²) in [6, 6.07) is 15.0. The number of hydrogen-bond acceptors (Lipinski definition) is 6. The van der Waals surface area contributed by atoms with E-state index in [0.717, 1.165) is 29.3 Å². The van der Waals surface area contributed by atoms with Crippen LogP contribution >= 0.6 is 11.8 Å². The van der Waals surface area contributed by atoms with Gasteiger partial charge in [0, 0.05) is 6.54 Å². The zero-order valence-corrected chi connectivity index (χ0v) is 17.4. The second kappa shape index (κ2) is 8.89. The van der Waals surface area contributed by atoms with Gasteiger partial charge in [0.2, 0.25) is 0 Å². The average molecular weight is 426 g/mol. The number of ether oxygens (including phenoxy) is 2. The fraction of sp³-hybridized carbons (Fsp3) is 0.318. The maximum atomic E-state index is 12.7. The summed E-state index contributed by atoms with van der Waals surface area (Å²) in [5.41, 5.74) is 1.59. The largest absolute Gasteiger partial charge is 0.472 e. The number of fused-ring (bicyclic) bond motifs is 1. The van der Waals surface area contributed by atoms with Gasteiger partial charge in [-0.15, -0.1) is 0 Å². The Morgan fingerprint density at radius 1 is 1.10 bits per heavy atom. The highest BCUT2D eigenvalue weighted by Gasteiger charge is 2.40. The number of carbonyl (C=O) groups is 3. The number of aryl methyl sites for hydroxylation is 1. The van der Waals surface area contributed by atoms with Crippen molar-refractivity contribution in [3.63, 3.8) is 0 Å². The summed E-state index contributed by atoms with van der Waals surface area (Å²) in [4.78, 5) is 40.2. The van der Waals surface area contributed by atoms with Crippen molar-refractivity contribution in [3.8, 4) is 5.75 Å². The van der Waals surface area contributed by atoms with Gasteiger partial charge in [0.25, 0.3) is 17.1 Å². The lowest BCUT2D eigenvalue weighted by Gasteiger charge is -2.29. The summed E-state index contributed by atoms with van der Waals surface area (Å²) >= 11 is 0.862. The molecule has 1 fully saturated rings. The highest BCUT2D eigenvalue weighted by molar-refractivity contribution is 8.15. The molecule has 2 aliphatic heterocycles. The molecule has 0 radical (unpaired) electrons. The van der Waals surface area contributed by atoms with Crippen LogP contribution in [0.2, 0.25) is 0 Å². The molecule has 0 aliphatic carbocycles. The third-order valence-corrected chi connectivity index (χ3v) is 6.03. The highest BCUT2D eigenvalue weighted by atomic mass is 32.2. The number of amides is 3. The van der Waals surface area contributed by atoms with E-state index in [1.807, 2.05) is 55.5 Å². The molecule has 3 amide bonds. The molecular weight excluding hydrogens is 404 g/mol. The van der Waals surface area contributed by atoms with Crippen LogP contribution in [0.25, 0.3) is 0 Å². The Balaban J connectivity index is 1.32. The Labute approximate surface area is 178 Å². The summed E-state index contributed by atoms with van der Waals surface area (Å²) in [6.45, 7) is 2.78. The smallest absolute Gasteiger partial charge is 0.291 e. The first-order valence-corrected chi connectivity index (χ1v) is 10.7. The maximum absolute atomic E-state index is 12.7. The highest BCUT2D eigenvalue weighted by Crippen LogP contribution is 2.30. The lowest BCUT2D eigenvalue weighted by atomic mass is 10.1. The first kappa shape index (κ1) is 20.4. The van der Waals surface area contributed by atoms with Gasteiger partial charge in [0.05, 0.1) is 18.7 Å². The molecular formula is C22H22N2O5S. The number of rotatable bonds is 7. The molecule has 156 valence electrons. The number of thioether (sulfide) groups is 1. The molecule has 2 heterocycles.